The summed E-state index contributed by atoms with van der Waals surface area (Å²) in [6, 6.07) is 0.452. The molecule has 0 aromatic carbocycles. The number of carbonyl (C=O) groups is 1. The zero-order valence-electron chi connectivity index (χ0n) is 12.8. The first-order valence-corrected chi connectivity index (χ1v) is 8.21. The molecule has 0 atom stereocenters. The first-order chi connectivity index (χ1) is 9.49. The Balaban J connectivity index is 2.35. The molecule has 0 radical (unpaired) electrons. The highest BCUT2D eigenvalue weighted by Crippen LogP contribution is 2.51. The molecule has 112 valence electrons. The van der Waals surface area contributed by atoms with Crippen LogP contribution in [0.3, 0.4) is 0 Å². The van der Waals surface area contributed by atoms with Crippen molar-refractivity contribution in [1.82, 2.24) is 4.90 Å². The summed E-state index contributed by atoms with van der Waals surface area (Å²) in [5, 5.41) is 4.71. The summed E-state index contributed by atoms with van der Waals surface area (Å²) in [5.74, 6) is 0.554. The molecule has 1 aliphatic carbocycles. The summed E-state index contributed by atoms with van der Waals surface area (Å²) in [6.07, 6.45) is 4.53. The molecule has 0 aliphatic heterocycles. The van der Waals surface area contributed by atoms with Crippen molar-refractivity contribution in [1.29, 1.82) is 0 Å². The van der Waals surface area contributed by atoms with E-state index in [2.05, 4.69) is 19.2 Å². The molecule has 0 unspecified atom stereocenters. The van der Waals surface area contributed by atoms with Gasteiger partial charge in [-0.25, -0.2) is 0 Å². The van der Waals surface area contributed by atoms with Crippen molar-refractivity contribution in [3.8, 4) is 0 Å². The van der Waals surface area contributed by atoms with Gasteiger partial charge in [-0.05, 0) is 31.6 Å². The molecule has 0 bridgehead atoms. The minimum atomic E-state index is 0.00648. The number of hydrogen-bond donors (Lipinski definition) is 2. The van der Waals surface area contributed by atoms with Gasteiger partial charge in [-0.2, -0.15) is 0 Å². The van der Waals surface area contributed by atoms with Gasteiger partial charge in [-0.15, -0.1) is 11.3 Å². The van der Waals surface area contributed by atoms with Gasteiger partial charge in [-0.1, -0.05) is 13.8 Å². The maximum Gasteiger partial charge on any atom is 0.265 e. The predicted octanol–water partition coefficient (Wildman–Crippen LogP) is 3.51. The molecule has 0 saturated heterocycles. The van der Waals surface area contributed by atoms with Crippen LogP contribution in [0.25, 0.3) is 0 Å². The van der Waals surface area contributed by atoms with Crippen molar-refractivity contribution in [2.24, 2.45) is 0 Å². The normalized spacial score (nSPS) is 14.7. The highest BCUT2D eigenvalue weighted by atomic mass is 32.1. The molecule has 1 aliphatic rings. The molecule has 20 heavy (non-hydrogen) atoms. The zero-order chi connectivity index (χ0) is 14.9. The lowest BCUT2D eigenvalue weighted by molar-refractivity contribution is 0.0833. The monoisotopic (exact) mass is 295 g/mol. The lowest BCUT2D eigenvalue weighted by atomic mass is 10.1. The number of nitrogens with zero attached hydrogens (tertiary/aromatic N) is 1. The van der Waals surface area contributed by atoms with Crippen molar-refractivity contribution in [2.75, 3.05) is 25.1 Å². The van der Waals surface area contributed by atoms with Crippen LogP contribution < -0.4 is 11.1 Å². The predicted molar refractivity (Wildman–Crippen MR) is 86.7 cm³/mol. The quantitative estimate of drug-likeness (QED) is 0.844. The lowest BCUT2D eigenvalue weighted by Gasteiger charge is -2.16. The van der Waals surface area contributed by atoms with E-state index in [0.717, 1.165) is 17.8 Å². The highest BCUT2D eigenvalue weighted by molar-refractivity contribution is 7.18. The molecule has 5 heteroatoms. The second-order valence-electron chi connectivity index (χ2n) is 5.72. The minimum Gasteiger partial charge on any atom is -0.397 e. The van der Waals surface area contributed by atoms with Crippen LogP contribution in [-0.2, 0) is 0 Å². The molecule has 1 aromatic heterocycles. The van der Waals surface area contributed by atoms with Crippen molar-refractivity contribution in [3.63, 3.8) is 0 Å². The molecule has 1 saturated carbocycles. The number of hydrogen-bond acceptors (Lipinski definition) is 4. The Hall–Kier alpha value is -1.23. The summed E-state index contributed by atoms with van der Waals surface area (Å²) >= 11 is 1.52. The van der Waals surface area contributed by atoms with E-state index in [1.54, 1.807) is 19.0 Å². The van der Waals surface area contributed by atoms with Crippen LogP contribution in [0.15, 0.2) is 0 Å². The topological polar surface area (TPSA) is 58.4 Å². The second kappa shape index (κ2) is 6.04. The third-order valence-corrected chi connectivity index (χ3v) is 5.03. The summed E-state index contributed by atoms with van der Waals surface area (Å²) < 4.78 is 0. The van der Waals surface area contributed by atoms with E-state index in [1.807, 2.05) is 0 Å². The first-order valence-electron chi connectivity index (χ1n) is 7.39. The van der Waals surface area contributed by atoms with E-state index in [1.165, 1.54) is 29.7 Å². The summed E-state index contributed by atoms with van der Waals surface area (Å²) in [7, 11) is 3.54. The fourth-order valence-electron chi connectivity index (χ4n) is 2.38. The Morgan fingerprint density at radius 1 is 1.40 bits per heavy atom. The molecule has 1 heterocycles. The maximum atomic E-state index is 12.2. The number of rotatable bonds is 6. The van der Waals surface area contributed by atoms with Crippen molar-refractivity contribution in [3.05, 3.63) is 10.4 Å². The number of thiophene rings is 1. The highest BCUT2D eigenvalue weighted by Gasteiger charge is 2.33. The first kappa shape index (κ1) is 15.2. The van der Waals surface area contributed by atoms with E-state index >= 15 is 0 Å². The lowest BCUT2D eigenvalue weighted by Crippen LogP contribution is -2.21. The van der Waals surface area contributed by atoms with Crippen LogP contribution in [0, 0.1) is 0 Å². The Morgan fingerprint density at radius 3 is 2.45 bits per heavy atom. The van der Waals surface area contributed by atoms with Gasteiger partial charge in [0.2, 0.25) is 0 Å². The average Bonchev–Trinajstić information content (AvgIpc) is 3.20. The average molecular weight is 295 g/mol. The molecule has 1 fully saturated rings. The molecule has 1 amide bonds. The summed E-state index contributed by atoms with van der Waals surface area (Å²) in [6.45, 7) is 4.36. The van der Waals surface area contributed by atoms with Crippen LogP contribution in [0.1, 0.15) is 60.7 Å². The smallest absolute Gasteiger partial charge is 0.265 e. The number of amides is 1. The van der Waals surface area contributed by atoms with Gasteiger partial charge in [0.1, 0.15) is 4.88 Å². The molecule has 2 rings (SSSR count). The van der Waals surface area contributed by atoms with E-state index in [9.17, 15) is 4.79 Å². The van der Waals surface area contributed by atoms with Gasteiger partial charge < -0.3 is 16.0 Å². The SMILES string of the molecule is CCC(CC)Nc1sc(C(=O)N(C)C)c(N)c1C1CC1. The second-order valence-corrected chi connectivity index (χ2v) is 6.74. The number of nitrogen functional groups attached to an aromatic ring is 1. The van der Waals surface area contributed by atoms with E-state index < -0.39 is 0 Å². The Morgan fingerprint density at radius 2 is 2.00 bits per heavy atom. The van der Waals surface area contributed by atoms with Crippen LogP contribution in [0.5, 0.6) is 0 Å². The number of carbonyl (C=O) groups excluding carboxylic acids is 1. The maximum absolute atomic E-state index is 12.2. The van der Waals surface area contributed by atoms with Crippen LogP contribution in [0.4, 0.5) is 10.7 Å². The van der Waals surface area contributed by atoms with Crippen LogP contribution >= 0.6 is 11.3 Å². The number of anilines is 2. The van der Waals surface area contributed by atoms with Gasteiger partial charge in [0, 0.05) is 25.7 Å². The fraction of sp³-hybridized carbons (Fsp3) is 0.667. The molecular formula is C15H25N3OS. The Labute approximate surface area is 125 Å². The third kappa shape index (κ3) is 2.92. The fourth-order valence-corrected chi connectivity index (χ4v) is 3.69. The largest absolute Gasteiger partial charge is 0.397 e. The van der Waals surface area contributed by atoms with Crippen molar-refractivity contribution >= 4 is 27.9 Å². The van der Waals surface area contributed by atoms with Gasteiger partial charge >= 0.3 is 0 Å². The molecule has 3 N–H and O–H groups in total. The minimum absolute atomic E-state index is 0.00648. The Kier molecular flexibility index (Phi) is 4.58. The van der Waals surface area contributed by atoms with Crippen molar-refractivity contribution < 1.29 is 4.79 Å². The van der Waals surface area contributed by atoms with E-state index in [4.69, 9.17) is 5.73 Å². The molecule has 0 spiro atoms. The summed E-state index contributed by atoms with van der Waals surface area (Å²) in [4.78, 5) is 14.5. The van der Waals surface area contributed by atoms with Gasteiger partial charge in [0.05, 0.1) is 10.7 Å². The molecule has 4 nitrogen and oxygen atoms in total. The van der Waals surface area contributed by atoms with Gasteiger partial charge in [0.15, 0.2) is 0 Å². The van der Waals surface area contributed by atoms with Crippen LogP contribution in [-0.4, -0.2) is 30.9 Å². The molecule has 1 aromatic rings. The number of nitrogens with two attached hydrogens (primary N) is 1. The zero-order valence-corrected chi connectivity index (χ0v) is 13.6. The number of nitrogens with one attached hydrogen (secondary N) is 1. The third-order valence-electron chi connectivity index (χ3n) is 3.89. The van der Waals surface area contributed by atoms with E-state index in [0.29, 0.717) is 22.5 Å². The standard InChI is InChI=1S/C15H25N3OS/c1-5-10(6-2)17-14-11(9-7-8-9)12(16)13(20-14)15(19)18(3)4/h9-10,17H,5-8,16H2,1-4H3. The summed E-state index contributed by atoms with van der Waals surface area (Å²) in [5.41, 5.74) is 8.15. The van der Waals surface area contributed by atoms with Gasteiger partial charge in [-0.3, -0.25) is 4.79 Å². The van der Waals surface area contributed by atoms with Crippen molar-refractivity contribution in [2.45, 2.75) is 51.5 Å². The van der Waals surface area contributed by atoms with Gasteiger partial charge in [0.25, 0.3) is 5.91 Å². The van der Waals surface area contributed by atoms with E-state index in [-0.39, 0.29) is 5.91 Å². The van der Waals surface area contributed by atoms with Crippen LogP contribution in [0.2, 0.25) is 0 Å². The molecular weight excluding hydrogens is 270 g/mol. The Bertz CT molecular complexity index is 488.